The molecule has 1 aliphatic carbocycles. The fraction of sp³-hybridized carbons (Fsp3) is 1.00. The highest BCUT2D eigenvalue weighted by molar-refractivity contribution is 4.93. The Labute approximate surface area is 134 Å². The zero-order valence-corrected chi connectivity index (χ0v) is 15.7. The number of nitrogens with zero attached hydrogens (tertiary/aromatic N) is 1. The number of hydrogen-bond acceptors (Lipinski definition) is 2. The summed E-state index contributed by atoms with van der Waals surface area (Å²) in [6.07, 6.45) is 6.61. The summed E-state index contributed by atoms with van der Waals surface area (Å²) in [4.78, 5) is 2.65. The van der Waals surface area contributed by atoms with Gasteiger partial charge in [-0.2, -0.15) is 0 Å². The van der Waals surface area contributed by atoms with E-state index in [4.69, 9.17) is 0 Å². The van der Waals surface area contributed by atoms with Crippen LogP contribution in [0.1, 0.15) is 73.6 Å². The molecule has 1 rings (SSSR count). The van der Waals surface area contributed by atoms with E-state index >= 15 is 0 Å². The lowest BCUT2D eigenvalue weighted by molar-refractivity contribution is 0.0652. The molecule has 1 N–H and O–H groups in total. The zero-order valence-electron chi connectivity index (χ0n) is 15.7. The molecule has 0 aromatic carbocycles. The van der Waals surface area contributed by atoms with Crippen molar-refractivity contribution in [2.45, 2.75) is 85.7 Å². The van der Waals surface area contributed by atoms with Crippen molar-refractivity contribution in [1.82, 2.24) is 10.2 Å². The molecule has 4 unspecified atom stereocenters. The van der Waals surface area contributed by atoms with E-state index in [1.807, 2.05) is 0 Å². The predicted octanol–water partition coefficient (Wildman–Crippen LogP) is 4.55. The van der Waals surface area contributed by atoms with E-state index in [1.54, 1.807) is 0 Å². The van der Waals surface area contributed by atoms with Gasteiger partial charge in [-0.15, -0.1) is 0 Å². The second kappa shape index (κ2) is 8.53. The molecule has 0 radical (unpaired) electrons. The topological polar surface area (TPSA) is 15.3 Å². The third kappa shape index (κ3) is 5.90. The molecule has 0 bridgehead atoms. The SMILES string of the molecule is CCCNC1CCC(C(C)(C)C)CC1N(C)CC(C)CC. The Kier molecular flexibility index (Phi) is 7.70. The van der Waals surface area contributed by atoms with E-state index < -0.39 is 0 Å². The second-order valence-electron chi connectivity index (χ2n) is 8.46. The Morgan fingerprint density at radius 1 is 1.19 bits per heavy atom. The molecule has 0 aromatic rings. The zero-order chi connectivity index (χ0) is 16.0. The maximum Gasteiger partial charge on any atom is 0.0249 e. The van der Waals surface area contributed by atoms with Gasteiger partial charge in [-0.1, -0.05) is 48.0 Å². The average Bonchev–Trinajstić information content (AvgIpc) is 2.43. The first kappa shape index (κ1) is 19.0. The summed E-state index contributed by atoms with van der Waals surface area (Å²) in [5.74, 6) is 1.67. The number of rotatable bonds is 7. The molecular weight excluding hydrogens is 256 g/mol. The van der Waals surface area contributed by atoms with Crippen molar-refractivity contribution >= 4 is 0 Å². The van der Waals surface area contributed by atoms with Crippen LogP contribution in [0.15, 0.2) is 0 Å². The molecule has 0 aromatic heterocycles. The van der Waals surface area contributed by atoms with Crippen molar-refractivity contribution in [2.24, 2.45) is 17.3 Å². The van der Waals surface area contributed by atoms with Gasteiger partial charge in [-0.05, 0) is 56.5 Å². The lowest BCUT2D eigenvalue weighted by atomic mass is 9.69. The van der Waals surface area contributed by atoms with Crippen molar-refractivity contribution in [2.75, 3.05) is 20.1 Å². The van der Waals surface area contributed by atoms with Crippen molar-refractivity contribution in [3.63, 3.8) is 0 Å². The first-order chi connectivity index (χ1) is 9.79. The van der Waals surface area contributed by atoms with Gasteiger partial charge < -0.3 is 10.2 Å². The Balaban J connectivity index is 2.72. The third-order valence-corrected chi connectivity index (χ3v) is 5.56. The Bertz CT molecular complexity index is 282. The summed E-state index contributed by atoms with van der Waals surface area (Å²) in [7, 11) is 2.35. The molecule has 2 heteroatoms. The number of nitrogens with one attached hydrogen (secondary N) is 1. The van der Waals surface area contributed by atoms with Gasteiger partial charge in [0.15, 0.2) is 0 Å². The minimum Gasteiger partial charge on any atom is -0.312 e. The van der Waals surface area contributed by atoms with Gasteiger partial charge in [0.25, 0.3) is 0 Å². The molecule has 0 amide bonds. The minimum absolute atomic E-state index is 0.450. The van der Waals surface area contributed by atoms with Gasteiger partial charge in [0.2, 0.25) is 0 Å². The summed E-state index contributed by atoms with van der Waals surface area (Å²) in [6, 6.07) is 1.40. The first-order valence-corrected chi connectivity index (χ1v) is 9.23. The fourth-order valence-electron chi connectivity index (χ4n) is 3.74. The van der Waals surface area contributed by atoms with Crippen LogP contribution in [0.5, 0.6) is 0 Å². The van der Waals surface area contributed by atoms with Gasteiger partial charge >= 0.3 is 0 Å². The smallest absolute Gasteiger partial charge is 0.0249 e. The molecular formula is C19H40N2. The monoisotopic (exact) mass is 296 g/mol. The standard InChI is InChI=1S/C19H40N2/c1-8-12-20-17-11-10-16(19(4,5)6)13-18(17)21(7)14-15(3)9-2/h15-18,20H,8-14H2,1-7H3. The number of likely N-dealkylation sites (N-methyl/N-ethyl adjacent to an activating group) is 1. The summed E-state index contributed by atoms with van der Waals surface area (Å²) >= 11 is 0. The molecule has 0 heterocycles. The lowest BCUT2D eigenvalue weighted by Gasteiger charge is -2.46. The van der Waals surface area contributed by atoms with Gasteiger partial charge in [0.1, 0.15) is 0 Å². The molecule has 0 spiro atoms. The third-order valence-electron chi connectivity index (χ3n) is 5.56. The van der Waals surface area contributed by atoms with Crippen LogP contribution < -0.4 is 5.32 Å². The highest BCUT2D eigenvalue weighted by Gasteiger charge is 2.37. The van der Waals surface area contributed by atoms with Crippen LogP contribution in [0.3, 0.4) is 0 Å². The van der Waals surface area contributed by atoms with Gasteiger partial charge in [-0.3, -0.25) is 0 Å². The second-order valence-corrected chi connectivity index (χ2v) is 8.46. The van der Waals surface area contributed by atoms with Crippen LogP contribution in [0.4, 0.5) is 0 Å². The Morgan fingerprint density at radius 2 is 1.86 bits per heavy atom. The summed E-state index contributed by atoms with van der Waals surface area (Å²) in [6.45, 7) is 16.6. The van der Waals surface area contributed by atoms with Crippen LogP contribution in [0.25, 0.3) is 0 Å². The Hall–Kier alpha value is -0.0800. The van der Waals surface area contributed by atoms with E-state index in [0.29, 0.717) is 17.5 Å². The van der Waals surface area contributed by atoms with Crippen LogP contribution in [-0.2, 0) is 0 Å². The minimum atomic E-state index is 0.450. The summed E-state index contributed by atoms with van der Waals surface area (Å²) < 4.78 is 0. The van der Waals surface area contributed by atoms with Crippen molar-refractivity contribution in [3.8, 4) is 0 Å². The average molecular weight is 297 g/mol. The van der Waals surface area contributed by atoms with Crippen LogP contribution in [-0.4, -0.2) is 37.1 Å². The van der Waals surface area contributed by atoms with E-state index in [0.717, 1.165) is 11.8 Å². The molecule has 0 aliphatic heterocycles. The molecule has 4 atom stereocenters. The van der Waals surface area contributed by atoms with E-state index in [1.165, 1.54) is 45.2 Å². The quantitative estimate of drug-likeness (QED) is 0.741. The van der Waals surface area contributed by atoms with E-state index in [9.17, 15) is 0 Å². The van der Waals surface area contributed by atoms with Crippen LogP contribution >= 0.6 is 0 Å². The fourth-order valence-corrected chi connectivity index (χ4v) is 3.74. The largest absolute Gasteiger partial charge is 0.312 e. The van der Waals surface area contributed by atoms with Crippen LogP contribution in [0, 0.1) is 17.3 Å². The van der Waals surface area contributed by atoms with Gasteiger partial charge in [0.05, 0.1) is 0 Å². The Morgan fingerprint density at radius 3 is 2.38 bits per heavy atom. The molecule has 1 fully saturated rings. The van der Waals surface area contributed by atoms with Crippen molar-refractivity contribution in [3.05, 3.63) is 0 Å². The highest BCUT2D eigenvalue weighted by Crippen LogP contribution is 2.39. The highest BCUT2D eigenvalue weighted by atomic mass is 15.2. The van der Waals surface area contributed by atoms with E-state index in [-0.39, 0.29) is 0 Å². The van der Waals surface area contributed by atoms with Crippen molar-refractivity contribution < 1.29 is 0 Å². The van der Waals surface area contributed by atoms with Gasteiger partial charge in [0, 0.05) is 18.6 Å². The molecule has 1 saturated carbocycles. The maximum absolute atomic E-state index is 3.82. The predicted molar refractivity (Wildman–Crippen MR) is 94.8 cm³/mol. The first-order valence-electron chi connectivity index (χ1n) is 9.23. The molecule has 2 nitrogen and oxygen atoms in total. The molecule has 1 aliphatic rings. The molecule has 0 saturated heterocycles. The summed E-state index contributed by atoms with van der Waals surface area (Å²) in [5, 5.41) is 3.82. The maximum atomic E-state index is 3.82. The molecule has 21 heavy (non-hydrogen) atoms. The van der Waals surface area contributed by atoms with E-state index in [2.05, 4.69) is 58.8 Å². The number of hydrogen-bond donors (Lipinski definition) is 1. The van der Waals surface area contributed by atoms with Crippen LogP contribution in [0.2, 0.25) is 0 Å². The van der Waals surface area contributed by atoms with Crippen molar-refractivity contribution in [1.29, 1.82) is 0 Å². The summed E-state index contributed by atoms with van der Waals surface area (Å²) in [5.41, 5.74) is 0.450. The van der Waals surface area contributed by atoms with Gasteiger partial charge in [-0.25, -0.2) is 0 Å². The molecule has 126 valence electrons. The normalized spacial score (nSPS) is 28.9. The lowest BCUT2D eigenvalue weighted by Crippen LogP contribution is -2.54.